The number of alkyl halides is 2. The molecule has 1 unspecified atom stereocenters. The van der Waals surface area contributed by atoms with Crippen LogP contribution in [0.15, 0.2) is 24.3 Å². The van der Waals surface area contributed by atoms with Crippen LogP contribution in [-0.4, -0.2) is 20.2 Å². The van der Waals surface area contributed by atoms with Crippen molar-refractivity contribution >= 4 is 15.9 Å². The Labute approximate surface area is 114 Å². The summed E-state index contributed by atoms with van der Waals surface area (Å²) in [4.78, 5) is 11.6. The summed E-state index contributed by atoms with van der Waals surface area (Å²) >= 11 is 0. The van der Waals surface area contributed by atoms with Crippen LogP contribution in [0, 0.1) is 11.2 Å². The second-order valence-electron chi connectivity index (χ2n) is 5.03. The summed E-state index contributed by atoms with van der Waals surface area (Å²) in [5.41, 5.74) is -1.86. The molecule has 0 radical (unpaired) electrons. The second kappa shape index (κ2) is 4.47. The van der Waals surface area contributed by atoms with Gasteiger partial charge in [0.1, 0.15) is 11.2 Å². The van der Waals surface area contributed by atoms with Gasteiger partial charge in [-0.2, -0.15) is 0 Å². The third kappa shape index (κ3) is 2.79. The van der Waals surface area contributed by atoms with E-state index in [-0.39, 0.29) is 5.56 Å². The van der Waals surface area contributed by atoms with E-state index < -0.39 is 45.3 Å². The number of carbonyl (C=O) groups is 1. The average molecular weight is 307 g/mol. The number of hydrogen-bond donors (Lipinski definition) is 1. The zero-order chi connectivity index (χ0) is 15.2. The highest BCUT2D eigenvalue weighted by Gasteiger charge is 2.73. The van der Waals surface area contributed by atoms with Crippen molar-refractivity contribution in [2.24, 2.45) is 5.41 Å². The Morgan fingerprint density at radius 3 is 2.50 bits per heavy atom. The van der Waals surface area contributed by atoms with Gasteiger partial charge in [-0.25, -0.2) is 21.6 Å². The van der Waals surface area contributed by atoms with E-state index in [9.17, 15) is 26.4 Å². The number of hydrogen-bond acceptors (Lipinski definition) is 3. The Morgan fingerprint density at radius 1 is 1.40 bits per heavy atom. The Bertz CT molecular complexity index is 660. The molecular weight excluding hydrogens is 295 g/mol. The number of sulfonamides is 1. The van der Waals surface area contributed by atoms with Gasteiger partial charge in [0.2, 0.25) is 15.9 Å². The zero-order valence-electron chi connectivity index (χ0n) is 10.5. The first-order valence-corrected chi connectivity index (χ1v) is 7.38. The van der Waals surface area contributed by atoms with Crippen LogP contribution in [0.4, 0.5) is 13.2 Å². The topological polar surface area (TPSA) is 63.2 Å². The van der Waals surface area contributed by atoms with Crippen LogP contribution in [0.5, 0.6) is 0 Å². The first kappa shape index (κ1) is 14.8. The summed E-state index contributed by atoms with van der Waals surface area (Å²) in [5, 5.41) is 0. The molecule has 8 heteroatoms. The van der Waals surface area contributed by atoms with E-state index in [1.165, 1.54) is 12.1 Å². The van der Waals surface area contributed by atoms with Gasteiger partial charge in [-0.05, 0) is 24.6 Å². The fourth-order valence-corrected chi connectivity index (χ4v) is 2.98. The molecule has 1 aliphatic rings. The fourth-order valence-electron chi connectivity index (χ4n) is 1.78. The van der Waals surface area contributed by atoms with Crippen LogP contribution in [0.25, 0.3) is 0 Å². The Morgan fingerprint density at radius 2 is 2.00 bits per heavy atom. The van der Waals surface area contributed by atoms with Gasteiger partial charge in [0.25, 0.3) is 5.92 Å². The van der Waals surface area contributed by atoms with E-state index in [4.69, 9.17) is 0 Å². The lowest BCUT2D eigenvalue weighted by molar-refractivity contribution is -0.127. The van der Waals surface area contributed by atoms with E-state index in [1.54, 1.807) is 4.72 Å². The van der Waals surface area contributed by atoms with Crippen molar-refractivity contribution in [3.8, 4) is 0 Å². The summed E-state index contributed by atoms with van der Waals surface area (Å²) in [6, 6.07) is 4.82. The van der Waals surface area contributed by atoms with Crippen LogP contribution in [0.3, 0.4) is 0 Å². The first-order valence-electron chi connectivity index (χ1n) is 5.73. The fraction of sp³-hybridized carbons (Fsp3) is 0.417. The summed E-state index contributed by atoms with van der Waals surface area (Å²) in [5.74, 6) is -5.70. The maximum atomic E-state index is 13.0. The lowest BCUT2D eigenvalue weighted by Crippen LogP contribution is -2.38. The standard InChI is InChI=1S/C12H12F3NO3S/c1-11(7-12(11,14)15)10(17)16-20(18,19)6-8-3-2-4-9(13)5-8/h2-5H,6-7H2,1H3,(H,16,17). The van der Waals surface area contributed by atoms with Crippen LogP contribution in [0.1, 0.15) is 18.9 Å². The molecule has 1 atom stereocenters. The smallest absolute Gasteiger partial charge is 0.263 e. The summed E-state index contributed by atoms with van der Waals surface area (Å²) < 4.78 is 63.9. The Balaban J connectivity index is 2.07. The SMILES string of the molecule is CC1(C(=O)NS(=O)(=O)Cc2cccc(F)c2)CC1(F)F. The second-order valence-corrected chi connectivity index (χ2v) is 6.76. The number of rotatable bonds is 4. The molecule has 4 nitrogen and oxygen atoms in total. The molecule has 0 bridgehead atoms. The van der Waals surface area contributed by atoms with Crippen molar-refractivity contribution < 1.29 is 26.4 Å². The molecule has 1 fully saturated rings. The van der Waals surface area contributed by atoms with Crippen LogP contribution >= 0.6 is 0 Å². The van der Waals surface area contributed by atoms with Crippen LogP contribution in [0.2, 0.25) is 0 Å². The highest BCUT2D eigenvalue weighted by Crippen LogP contribution is 2.60. The van der Waals surface area contributed by atoms with Crippen molar-refractivity contribution in [3.05, 3.63) is 35.6 Å². The molecule has 2 rings (SSSR count). The highest BCUT2D eigenvalue weighted by molar-refractivity contribution is 7.89. The van der Waals surface area contributed by atoms with E-state index >= 15 is 0 Å². The largest absolute Gasteiger partial charge is 0.273 e. The maximum Gasteiger partial charge on any atom is 0.263 e. The maximum absolute atomic E-state index is 13.0. The quantitative estimate of drug-likeness (QED) is 0.923. The number of amides is 1. The molecular formula is C12H12F3NO3S. The Kier molecular flexibility index (Phi) is 3.32. The predicted octanol–water partition coefficient (Wildman–Crippen LogP) is 1.82. The van der Waals surface area contributed by atoms with Crippen molar-refractivity contribution in [3.63, 3.8) is 0 Å². The molecule has 1 aromatic rings. The molecule has 1 aromatic carbocycles. The van der Waals surface area contributed by atoms with Gasteiger partial charge in [-0.15, -0.1) is 0 Å². The normalized spacial score (nSPS) is 24.2. The van der Waals surface area contributed by atoms with E-state index in [1.807, 2.05) is 0 Å². The number of nitrogens with one attached hydrogen (secondary N) is 1. The monoisotopic (exact) mass is 307 g/mol. The predicted molar refractivity (Wildman–Crippen MR) is 64.8 cm³/mol. The van der Waals surface area contributed by atoms with E-state index in [0.29, 0.717) is 0 Å². The Hall–Kier alpha value is -1.57. The molecule has 0 aliphatic heterocycles. The van der Waals surface area contributed by atoms with Gasteiger partial charge >= 0.3 is 0 Å². The molecule has 0 saturated heterocycles. The molecule has 0 heterocycles. The molecule has 20 heavy (non-hydrogen) atoms. The number of carbonyl (C=O) groups excluding carboxylic acids is 1. The minimum Gasteiger partial charge on any atom is -0.273 e. The molecule has 1 N–H and O–H groups in total. The average Bonchev–Trinajstić information content (AvgIpc) is 2.78. The highest BCUT2D eigenvalue weighted by atomic mass is 32.2. The van der Waals surface area contributed by atoms with Crippen molar-refractivity contribution in [2.75, 3.05) is 0 Å². The first-order chi connectivity index (χ1) is 9.06. The van der Waals surface area contributed by atoms with E-state index in [2.05, 4.69) is 0 Å². The summed E-state index contributed by atoms with van der Waals surface area (Å²) in [6.45, 7) is 1.00. The lowest BCUT2D eigenvalue weighted by Gasteiger charge is -2.11. The molecule has 1 aliphatic carbocycles. The number of halogens is 3. The van der Waals surface area contributed by atoms with Crippen molar-refractivity contribution in [1.29, 1.82) is 0 Å². The van der Waals surface area contributed by atoms with Gasteiger partial charge in [0, 0.05) is 6.42 Å². The summed E-state index contributed by atoms with van der Waals surface area (Å²) in [6.07, 6.45) is -0.679. The van der Waals surface area contributed by atoms with Crippen molar-refractivity contribution in [2.45, 2.75) is 25.0 Å². The molecule has 0 aromatic heterocycles. The van der Waals surface area contributed by atoms with Gasteiger partial charge in [-0.3, -0.25) is 9.52 Å². The summed E-state index contributed by atoms with van der Waals surface area (Å²) in [7, 11) is -4.14. The minimum absolute atomic E-state index is 0.123. The van der Waals surface area contributed by atoms with Crippen LogP contribution in [-0.2, 0) is 20.6 Å². The molecule has 110 valence electrons. The molecule has 1 saturated carbocycles. The van der Waals surface area contributed by atoms with Gasteiger partial charge < -0.3 is 0 Å². The molecule has 1 amide bonds. The third-order valence-corrected chi connectivity index (χ3v) is 4.46. The third-order valence-electron chi connectivity index (χ3n) is 3.25. The van der Waals surface area contributed by atoms with Crippen LogP contribution < -0.4 is 4.72 Å². The van der Waals surface area contributed by atoms with Gasteiger partial charge in [0.15, 0.2) is 0 Å². The number of benzene rings is 1. The minimum atomic E-state index is -4.14. The zero-order valence-corrected chi connectivity index (χ0v) is 11.3. The lowest BCUT2D eigenvalue weighted by atomic mass is 10.1. The molecule has 0 spiro atoms. The van der Waals surface area contributed by atoms with Gasteiger partial charge in [-0.1, -0.05) is 12.1 Å². The van der Waals surface area contributed by atoms with Crippen molar-refractivity contribution in [1.82, 2.24) is 4.72 Å². The van der Waals surface area contributed by atoms with Gasteiger partial charge in [0.05, 0.1) is 5.75 Å². The van der Waals surface area contributed by atoms with E-state index in [0.717, 1.165) is 19.1 Å².